The molecule has 226 valence electrons. The van der Waals surface area contributed by atoms with E-state index >= 15 is 0 Å². The Hall–Kier alpha value is -7.08. The Labute approximate surface area is 281 Å². The van der Waals surface area contributed by atoms with Gasteiger partial charge in [-0.1, -0.05) is 78.9 Å². The van der Waals surface area contributed by atoms with Crippen molar-refractivity contribution in [1.29, 1.82) is 5.26 Å². The quantitative estimate of drug-likeness (QED) is 0.181. The van der Waals surface area contributed by atoms with Crippen molar-refractivity contribution in [2.24, 2.45) is 0 Å². The molecule has 0 saturated heterocycles. The fraction of sp³-hybridized carbons (Fsp3) is 0. The van der Waals surface area contributed by atoms with Crippen LogP contribution in [0.5, 0.6) is 0 Å². The van der Waals surface area contributed by atoms with Crippen molar-refractivity contribution in [2.75, 3.05) is 0 Å². The van der Waals surface area contributed by atoms with Crippen LogP contribution in [0.15, 0.2) is 152 Å². The molecule has 0 amide bonds. The molecule has 0 unspecified atom stereocenters. The summed E-state index contributed by atoms with van der Waals surface area (Å²) < 4.78 is 6.91. The van der Waals surface area contributed by atoms with E-state index in [9.17, 15) is 5.26 Å². The minimum atomic E-state index is 0.553. The third-order valence-electron chi connectivity index (χ3n) is 9.82. The fourth-order valence-electron chi connectivity index (χ4n) is 7.85. The predicted molar refractivity (Wildman–Crippen MR) is 200 cm³/mol. The molecule has 0 atom stereocenters. The van der Waals surface area contributed by atoms with E-state index < -0.39 is 0 Å². The highest BCUT2D eigenvalue weighted by Crippen LogP contribution is 2.43. The van der Waals surface area contributed by atoms with Crippen molar-refractivity contribution in [2.45, 2.75) is 0 Å². The van der Waals surface area contributed by atoms with E-state index in [4.69, 9.17) is 6.57 Å². The topological polar surface area (TPSA) is 42.9 Å². The van der Waals surface area contributed by atoms with E-state index in [1.165, 1.54) is 10.8 Å². The minimum absolute atomic E-state index is 0.553. The van der Waals surface area contributed by atoms with Crippen LogP contribution < -0.4 is 0 Å². The van der Waals surface area contributed by atoms with Gasteiger partial charge in [-0.3, -0.25) is 0 Å². The summed E-state index contributed by atoms with van der Waals surface area (Å²) >= 11 is 0. The lowest BCUT2D eigenvalue weighted by atomic mass is 10.1. The molecule has 10 rings (SSSR count). The average Bonchev–Trinajstić information content (AvgIpc) is 3.80. The molecular weight excluding hydrogens is 599 g/mol. The van der Waals surface area contributed by atoms with Crippen LogP contribution in [0.4, 0.5) is 5.69 Å². The first kappa shape index (κ1) is 27.1. The number of nitrogens with zero attached hydrogens (tertiary/aromatic N) is 5. The van der Waals surface area contributed by atoms with Gasteiger partial charge in [0.25, 0.3) is 0 Å². The summed E-state index contributed by atoms with van der Waals surface area (Å²) in [5.74, 6) is 0. The summed E-state index contributed by atoms with van der Waals surface area (Å²) in [5.41, 5.74) is 10.6. The highest BCUT2D eigenvalue weighted by molar-refractivity contribution is 6.26. The normalized spacial score (nSPS) is 11.6. The Morgan fingerprint density at radius 3 is 1.71 bits per heavy atom. The third-order valence-corrected chi connectivity index (χ3v) is 9.82. The summed E-state index contributed by atoms with van der Waals surface area (Å²) in [6.07, 6.45) is 0. The van der Waals surface area contributed by atoms with Crippen LogP contribution in [0.3, 0.4) is 0 Å². The molecular formula is C44H25N5. The van der Waals surface area contributed by atoms with Gasteiger partial charge < -0.3 is 13.7 Å². The van der Waals surface area contributed by atoms with E-state index in [1.54, 1.807) is 0 Å². The first-order chi connectivity index (χ1) is 24.2. The lowest BCUT2D eigenvalue weighted by molar-refractivity contribution is 1.14. The zero-order chi connectivity index (χ0) is 32.6. The molecule has 3 heterocycles. The van der Waals surface area contributed by atoms with Crippen molar-refractivity contribution >= 4 is 71.1 Å². The number of hydrogen-bond donors (Lipinski definition) is 0. The summed E-state index contributed by atoms with van der Waals surface area (Å²) in [6, 6.07) is 54.7. The second-order valence-electron chi connectivity index (χ2n) is 12.4. The van der Waals surface area contributed by atoms with Crippen LogP contribution in [0, 0.1) is 17.9 Å². The zero-order valence-corrected chi connectivity index (χ0v) is 26.2. The molecule has 0 bridgehead atoms. The summed E-state index contributed by atoms with van der Waals surface area (Å²) in [6.45, 7) is 8.20. The number of rotatable bonds is 3. The molecule has 0 aliphatic carbocycles. The van der Waals surface area contributed by atoms with Gasteiger partial charge in [0.2, 0.25) is 0 Å². The molecule has 0 fully saturated rings. The summed E-state index contributed by atoms with van der Waals surface area (Å²) in [4.78, 5) is 3.99. The molecule has 5 nitrogen and oxygen atoms in total. The maximum Gasteiger partial charge on any atom is 0.191 e. The number of para-hydroxylation sites is 4. The Kier molecular flexibility index (Phi) is 5.64. The first-order valence-corrected chi connectivity index (χ1v) is 16.2. The van der Waals surface area contributed by atoms with Crippen LogP contribution in [-0.2, 0) is 0 Å². The van der Waals surface area contributed by atoms with Crippen LogP contribution in [-0.4, -0.2) is 13.7 Å². The second-order valence-corrected chi connectivity index (χ2v) is 12.4. The average molecular weight is 624 g/mol. The molecule has 5 heteroatoms. The van der Waals surface area contributed by atoms with Gasteiger partial charge >= 0.3 is 0 Å². The predicted octanol–water partition coefficient (Wildman–Crippen LogP) is 11.4. The van der Waals surface area contributed by atoms with Crippen molar-refractivity contribution in [3.63, 3.8) is 0 Å². The Morgan fingerprint density at radius 2 is 1.00 bits per heavy atom. The Morgan fingerprint density at radius 1 is 0.449 bits per heavy atom. The van der Waals surface area contributed by atoms with Gasteiger partial charge in [-0.2, -0.15) is 5.26 Å². The molecule has 0 saturated carbocycles. The SMILES string of the molecule is [C-]#[N+]c1cc(-n2c3ccccc3c3cc(C#N)ccc32)cc(-n2c3ccccc3c3ccc4c(c5ccccc5n4-c4ccccc4)c32)c1. The Bertz CT molecular complexity index is 3070. The molecule has 0 radical (unpaired) electrons. The zero-order valence-electron chi connectivity index (χ0n) is 26.2. The van der Waals surface area contributed by atoms with E-state index in [0.29, 0.717) is 11.3 Å². The first-order valence-electron chi connectivity index (χ1n) is 16.2. The maximum absolute atomic E-state index is 9.69. The molecule has 0 aliphatic rings. The van der Waals surface area contributed by atoms with Crippen molar-refractivity contribution in [3.05, 3.63) is 169 Å². The smallest absolute Gasteiger partial charge is 0.191 e. The van der Waals surface area contributed by atoms with E-state index in [-0.39, 0.29) is 0 Å². The molecule has 7 aromatic carbocycles. The van der Waals surface area contributed by atoms with E-state index in [1.807, 2.05) is 42.5 Å². The molecule has 49 heavy (non-hydrogen) atoms. The van der Waals surface area contributed by atoms with Gasteiger partial charge in [0.15, 0.2) is 5.69 Å². The number of benzene rings is 7. The standard InChI is InChI=1S/C44H25N5/c1-46-29-24-31(48-38-16-8-6-14-34(38)37-23-28(27-45)19-21-41(37)48)26-32(25-29)49-39-17-9-5-13-33(39)35-20-22-42-43(44(35)49)36-15-7-10-18-40(36)47(42)30-11-3-2-4-12-30/h2-26H. The highest BCUT2D eigenvalue weighted by Gasteiger charge is 2.22. The van der Waals surface area contributed by atoms with Gasteiger partial charge in [-0.15, -0.1) is 0 Å². The van der Waals surface area contributed by atoms with Crippen molar-refractivity contribution < 1.29 is 0 Å². The number of fused-ring (bicyclic) bond motifs is 10. The molecule has 10 aromatic rings. The summed E-state index contributed by atoms with van der Waals surface area (Å²) in [7, 11) is 0. The lowest BCUT2D eigenvalue weighted by Gasteiger charge is -2.14. The molecule has 0 N–H and O–H groups in total. The highest BCUT2D eigenvalue weighted by atomic mass is 15.0. The van der Waals surface area contributed by atoms with Gasteiger partial charge in [-0.05, 0) is 72.8 Å². The monoisotopic (exact) mass is 623 g/mol. The largest absolute Gasteiger partial charge is 0.310 e. The van der Waals surface area contributed by atoms with E-state index in [0.717, 1.165) is 71.7 Å². The number of hydrogen-bond acceptors (Lipinski definition) is 1. The number of nitriles is 1. The third kappa shape index (κ3) is 3.79. The van der Waals surface area contributed by atoms with Crippen LogP contribution >= 0.6 is 0 Å². The Balaban J connectivity index is 1.35. The molecule has 0 aliphatic heterocycles. The van der Waals surface area contributed by atoms with Crippen LogP contribution in [0.25, 0.3) is 87.3 Å². The lowest BCUT2D eigenvalue weighted by Crippen LogP contribution is -1.99. The van der Waals surface area contributed by atoms with Gasteiger partial charge in [0, 0.05) is 49.4 Å². The molecule has 3 aromatic heterocycles. The second kappa shape index (κ2) is 10.2. The van der Waals surface area contributed by atoms with Crippen molar-refractivity contribution in [1.82, 2.24) is 13.7 Å². The molecule has 0 spiro atoms. The maximum atomic E-state index is 9.69. The number of aromatic nitrogens is 3. The van der Waals surface area contributed by atoms with Crippen molar-refractivity contribution in [3.8, 4) is 23.1 Å². The van der Waals surface area contributed by atoms with Gasteiger partial charge in [0.1, 0.15) is 0 Å². The minimum Gasteiger partial charge on any atom is -0.310 e. The van der Waals surface area contributed by atoms with E-state index in [2.05, 4.69) is 134 Å². The van der Waals surface area contributed by atoms with Gasteiger partial charge in [-0.25, -0.2) is 4.85 Å². The van der Waals surface area contributed by atoms with Crippen LogP contribution in [0.2, 0.25) is 0 Å². The van der Waals surface area contributed by atoms with Crippen LogP contribution in [0.1, 0.15) is 5.56 Å². The van der Waals surface area contributed by atoms with Gasteiger partial charge in [0.05, 0.1) is 51.3 Å². The summed E-state index contributed by atoms with van der Waals surface area (Å²) in [5, 5.41) is 16.4. The fourth-order valence-corrected chi connectivity index (χ4v) is 7.85.